The predicted molar refractivity (Wildman–Crippen MR) is 122 cm³/mol. The van der Waals surface area contributed by atoms with E-state index in [9.17, 15) is 9.59 Å². The Morgan fingerprint density at radius 3 is 2.17 bits per heavy atom. The van der Waals surface area contributed by atoms with E-state index in [0.717, 1.165) is 14.9 Å². The fourth-order valence-corrected chi connectivity index (χ4v) is 4.31. The molecule has 0 aliphatic heterocycles. The molecule has 4 nitrogen and oxygen atoms in total. The highest BCUT2D eigenvalue weighted by Gasteiger charge is 2.26. The highest BCUT2D eigenvalue weighted by atomic mass is 79.9. The lowest BCUT2D eigenvalue weighted by atomic mass is 10.1. The lowest BCUT2D eigenvalue weighted by Gasteiger charge is -2.23. The van der Waals surface area contributed by atoms with Crippen molar-refractivity contribution in [3.05, 3.63) is 95.0 Å². The van der Waals surface area contributed by atoms with Crippen LogP contribution in [0.15, 0.2) is 94.3 Å². The Kier molecular flexibility index (Phi) is 7.49. The van der Waals surface area contributed by atoms with E-state index in [0.29, 0.717) is 5.69 Å². The normalized spacial score (nSPS) is 11.5. The van der Waals surface area contributed by atoms with Crippen molar-refractivity contribution in [2.45, 2.75) is 10.1 Å². The highest BCUT2D eigenvalue weighted by Crippen LogP contribution is 2.36. The maximum Gasteiger partial charge on any atom is 0.244 e. The molecule has 2 amide bonds. The Balaban J connectivity index is 1.72. The molecule has 3 aromatic carbocycles. The van der Waals surface area contributed by atoms with Crippen LogP contribution in [0.25, 0.3) is 0 Å². The summed E-state index contributed by atoms with van der Waals surface area (Å²) >= 11 is 4.89. The predicted octanol–water partition coefficient (Wildman–Crippen LogP) is 5.38. The van der Waals surface area contributed by atoms with Crippen LogP contribution in [0.3, 0.4) is 0 Å². The van der Waals surface area contributed by atoms with Gasteiger partial charge in [0.1, 0.15) is 5.25 Å². The van der Waals surface area contributed by atoms with Crippen LogP contribution in [0.5, 0.6) is 0 Å². The number of thioether (sulfide) groups is 1. The van der Waals surface area contributed by atoms with Crippen LogP contribution in [0, 0.1) is 0 Å². The van der Waals surface area contributed by atoms with Crippen molar-refractivity contribution in [1.29, 1.82) is 0 Å². The third-order valence-electron chi connectivity index (χ3n) is 4.23. The molecule has 148 valence electrons. The van der Waals surface area contributed by atoms with E-state index >= 15 is 0 Å². The molecule has 1 unspecified atom stereocenters. The van der Waals surface area contributed by atoms with Gasteiger partial charge in [0.25, 0.3) is 0 Å². The molecule has 0 aliphatic rings. The van der Waals surface area contributed by atoms with E-state index in [1.54, 1.807) is 7.05 Å². The lowest BCUT2D eigenvalue weighted by molar-refractivity contribution is -0.132. The average molecular weight is 469 g/mol. The third-order valence-corrected chi connectivity index (χ3v) is 6.17. The Bertz CT molecular complexity index is 967. The number of rotatable bonds is 7. The van der Waals surface area contributed by atoms with Gasteiger partial charge in [-0.05, 0) is 45.8 Å². The molecule has 0 spiro atoms. The number of hydrogen-bond acceptors (Lipinski definition) is 3. The minimum absolute atomic E-state index is 0.0289. The maximum absolute atomic E-state index is 13.2. The second-order valence-electron chi connectivity index (χ2n) is 6.44. The number of nitrogens with one attached hydrogen (secondary N) is 1. The second-order valence-corrected chi connectivity index (χ2v) is 8.48. The molecule has 0 bridgehead atoms. The first-order valence-electron chi connectivity index (χ1n) is 9.10. The summed E-state index contributed by atoms with van der Waals surface area (Å²) in [7, 11) is 1.66. The van der Waals surface area contributed by atoms with Gasteiger partial charge < -0.3 is 10.2 Å². The molecule has 0 saturated heterocycles. The Hall–Kier alpha value is -2.57. The Morgan fingerprint density at radius 1 is 0.931 bits per heavy atom. The second kappa shape index (κ2) is 10.3. The van der Waals surface area contributed by atoms with Gasteiger partial charge in [-0.3, -0.25) is 9.59 Å². The Labute approximate surface area is 183 Å². The molecule has 0 aliphatic carbocycles. The van der Waals surface area contributed by atoms with E-state index in [-0.39, 0.29) is 18.4 Å². The molecule has 0 heterocycles. The molecule has 29 heavy (non-hydrogen) atoms. The van der Waals surface area contributed by atoms with Crippen molar-refractivity contribution in [3.63, 3.8) is 0 Å². The number of amides is 2. The van der Waals surface area contributed by atoms with Gasteiger partial charge in [-0.25, -0.2) is 0 Å². The van der Waals surface area contributed by atoms with Gasteiger partial charge in [0, 0.05) is 16.4 Å². The topological polar surface area (TPSA) is 49.4 Å². The zero-order chi connectivity index (χ0) is 20.6. The average Bonchev–Trinajstić information content (AvgIpc) is 2.74. The summed E-state index contributed by atoms with van der Waals surface area (Å²) in [6, 6.07) is 26.8. The number of halogens is 1. The van der Waals surface area contributed by atoms with Crippen LogP contribution < -0.4 is 5.32 Å². The van der Waals surface area contributed by atoms with Crippen molar-refractivity contribution < 1.29 is 9.59 Å². The van der Waals surface area contributed by atoms with E-state index < -0.39 is 5.25 Å². The van der Waals surface area contributed by atoms with Crippen LogP contribution in [-0.2, 0) is 9.59 Å². The van der Waals surface area contributed by atoms with E-state index in [1.165, 1.54) is 16.7 Å². The summed E-state index contributed by atoms with van der Waals surface area (Å²) in [5.41, 5.74) is 1.58. The number of carbonyl (C=O) groups is 2. The van der Waals surface area contributed by atoms with Crippen LogP contribution >= 0.6 is 27.7 Å². The van der Waals surface area contributed by atoms with Gasteiger partial charge in [0.05, 0.1) is 12.2 Å². The molecule has 3 aromatic rings. The van der Waals surface area contributed by atoms with Crippen LogP contribution in [0.1, 0.15) is 10.8 Å². The standard InChI is InChI=1S/C23H21BrN2O2S/c1-26(16-21(27)25-20-15-9-8-14-19(20)24)23(28)22(17-10-4-2-5-11-17)29-18-12-6-3-7-13-18/h2-15,22H,16H2,1H3,(H,25,27). The minimum Gasteiger partial charge on any atom is -0.335 e. The Morgan fingerprint density at radius 2 is 1.52 bits per heavy atom. The first kappa shape index (κ1) is 21.1. The fourth-order valence-electron chi connectivity index (χ4n) is 2.77. The zero-order valence-corrected chi connectivity index (χ0v) is 18.3. The highest BCUT2D eigenvalue weighted by molar-refractivity contribution is 9.10. The van der Waals surface area contributed by atoms with E-state index in [1.807, 2.05) is 84.9 Å². The molecule has 6 heteroatoms. The number of carbonyl (C=O) groups excluding carboxylic acids is 2. The number of benzene rings is 3. The van der Waals surface area contributed by atoms with Gasteiger partial charge in [0.2, 0.25) is 11.8 Å². The van der Waals surface area contributed by atoms with Crippen LogP contribution in [0.4, 0.5) is 5.69 Å². The third kappa shape index (κ3) is 5.95. The van der Waals surface area contributed by atoms with Crippen LogP contribution in [0.2, 0.25) is 0 Å². The van der Waals surface area contributed by atoms with Crippen LogP contribution in [-0.4, -0.2) is 30.3 Å². The van der Waals surface area contributed by atoms with Gasteiger partial charge in [-0.15, -0.1) is 11.8 Å². The monoisotopic (exact) mass is 468 g/mol. The van der Waals surface area contributed by atoms with Crippen molar-refractivity contribution in [2.75, 3.05) is 18.9 Å². The molecular formula is C23H21BrN2O2S. The van der Waals surface area contributed by atoms with E-state index in [2.05, 4.69) is 21.2 Å². The summed E-state index contributed by atoms with van der Waals surface area (Å²) in [6.45, 7) is -0.0289. The number of hydrogen-bond donors (Lipinski definition) is 1. The summed E-state index contributed by atoms with van der Waals surface area (Å²) in [5, 5.41) is 2.41. The number of likely N-dealkylation sites (N-methyl/N-ethyl adjacent to an activating group) is 1. The smallest absolute Gasteiger partial charge is 0.244 e. The summed E-state index contributed by atoms with van der Waals surface area (Å²) < 4.78 is 0.795. The van der Waals surface area contributed by atoms with Crippen molar-refractivity contribution in [1.82, 2.24) is 4.90 Å². The number of anilines is 1. The van der Waals surface area contributed by atoms with Crippen molar-refractivity contribution in [2.24, 2.45) is 0 Å². The quantitative estimate of drug-likeness (QED) is 0.473. The van der Waals surface area contributed by atoms with Gasteiger partial charge in [-0.1, -0.05) is 60.7 Å². The van der Waals surface area contributed by atoms with Gasteiger partial charge in [-0.2, -0.15) is 0 Å². The molecule has 0 saturated carbocycles. The summed E-state index contributed by atoms with van der Waals surface area (Å²) in [5.74, 6) is -0.364. The summed E-state index contributed by atoms with van der Waals surface area (Å²) in [4.78, 5) is 28.2. The maximum atomic E-state index is 13.2. The summed E-state index contributed by atoms with van der Waals surface area (Å²) in [6.07, 6.45) is 0. The molecule has 0 radical (unpaired) electrons. The lowest BCUT2D eigenvalue weighted by Crippen LogP contribution is -2.37. The molecule has 0 aromatic heterocycles. The number of para-hydroxylation sites is 1. The molecule has 0 fully saturated rings. The SMILES string of the molecule is CN(CC(=O)Nc1ccccc1Br)C(=O)C(Sc1ccccc1)c1ccccc1. The molecule has 3 rings (SSSR count). The molecule has 1 N–H and O–H groups in total. The zero-order valence-electron chi connectivity index (χ0n) is 15.9. The van der Waals surface area contributed by atoms with Crippen molar-refractivity contribution in [3.8, 4) is 0 Å². The van der Waals surface area contributed by atoms with Crippen molar-refractivity contribution >= 4 is 45.2 Å². The molecular weight excluding hydrogens is 448 g/mol. The molecule has 1 atom stereocenters. The van der Waals surface area contributed by atoms with Gasteiger partial charge >= 0.3 is 0 Å². The minimum atomic E-state index is -0.431. The fraction of sp³-hybridized carbons (Fsp3) is 0.130. The number of nitrogens with zero attached hydrogens (tertiary/aromatic N) is 1. The largest absolute Gasteiger partial charge is 0.335 e. The van der Waals surface area contributed by atoms with E-state index in [4.69, 9.17) is 0 Å². The van der Waals surface area contributed by atoms with Gasteiger partial charge in [0.15, 0.2) is 0 Å². The first-order valence-corrected chi connectivity index (χ1v) is 10.8. The first-order chi connectivity index (χ1) is 14.0.